The van der Waals surface area contributed by atoms with Gasteiger partial charge in [0.1, 0.15) is 5.75 Å². The SMILES string of the molecule is COc1cccc(C(=O)N2C[C@H](C(=O)NCCC(C)C)[C@@H](c3cccc(C(F)(F)F)c3)C2)c1. The Morgan fingerprint density at radius 2 is 1.85 bits per heavy atom. The number of ether oxygens (including phenoxy) is 1. The molecule has 1 fully saturated rings. The van der Waals surface area contributed by atoms with Gasteiger partial charge in [-0.25, -0.2) is 0 Å². The van der Waals surface area contributed by atoms with Crippen molar-refractivity contribution >= 4 is 11.8 Å². The number of benzene rings is 2. The maximum Gasteiger partial charge on any atom is 0.416 e. The number of hydrogen-bond donors (Lipinski definition) is 1. The van der Waals surface area contributed by atoms with Gasteiger partial charge in [-0.2, -0.15) is 13.2 Å². The molecule has 2 atom stereocenters. The lowest BCUT2D eigenvalue weighted by Crippen LogP contribution is -2.36. The zero-order chi connectivity index (χ0) is 24.2. The molecule has 2 aromatic carbocycles. The second kappa shape index (κ2) is 10.3. The Balaban J connectivity index is 1.88. The van der Waals surface area contributed by atoms with Gasteiger partial charge in [-0.1, -0.05) is 38.1 Å². The Morgan fingerprint density at radius 1 is 1.12 bits per heavy atom. The van der Waals surface area contributed by atoms with Gasteiger partial charge in [0.15, 0.2) is 0 Å². The molecule has 1 N–H and O–H groups in total. The van der Waals surface area contributed by atoms with Gasteiger partial charge >= 0.3 is 6.18 Å². The van der Waals surface area contributed by atoms with E-state index >= 15 is 0 Å². The molecule has 1 saturated heterocycles. The molecule has 0 radical (unpaired) electrons. The summed E-state index contributed by atoms with van der Waals surface area (Å²) in [4.78, 5) is 27.7. The molecule has 178 valence electrons. The second-order valence-electron chi connectivity index (χ2n) is 8.75. The fraction of sp³-hybridized carbons (Fsp3) is 0.440. The quantitative estimate of drug-likeness (QED) is 0.647. The molecule has 2 aromatic rings. The molecule has 1 aliphatic heterocycles. The summed E-state index contributed by atoms with van der Waals surface area (Å²) < 4.78 is 45.1. The van der Waals surface area contributed by atoms with Gasteiger partial charge in [0, 0.05) is 31.1 Å². The Hall–Kier alpha value is -3.03. The van der Waals surface area contributed by atoms with E-state index in [9.17, 15) is 22.8 Å². The summed E-state index contributed by atoms with van der Waals surface area (Å²) in [6.45, 7) is 4.85. The molecule has 0 bridgehead atoms. The maximum atomic E-state index is 13.3. The van der Waals surface area contributed by atoms with Crippen LogP contribution in [-0.2, 0) is 11.0 Å². The highest BCUT2D eigenvalue weighted by atomic mass is 19.4. The van der Waals surface area contributed by atoms with E-state index in [0.717, 1.165) is 18.6 Å². The van der Waals surface area contributed by atoms with Crippen LogP contribution in [0, 0.1) is 11.8 Å². The number of halogens is 3. The molecule has 5 nitrogen and oxygen atoms in total. The van der Waals surface area contributed by atoms with Crippen molar-refractivity contribution in [2.75, 3.05) is 26.7 Å². The number of amides is 2. The first kappa shape index (κ1) is 24.6. The second-order valence-corrected chi connectivity index (χ2v) is 8.75. The number of hydrogen-bond acceptors (Lipinski definition) is 3. The summed E-state index contributed by atoms with van der Waals surface area (Å²) in [5, 5.41) is 2.90. The lowest BCUT2D eigenvalue weighted by atomic mass is 9.87. The highest BCUT2D eigenvalue weighted by Crippen LogP contribution is 2.37. The van der Waals surface area contributed by atoms with Crippen molar-refractivity contribution < 1.29 is 27.5 Å². The molecule has 1 aliphatic rings. The number of alkyl halides is 3. The standard InChI is InChI=1S/C25H29F3N2O3/c1-16(2)10-11-29-23(31)22-15-30(24(32)18-7-5-9-20(13-18)33-3)14-21(22)17-6-4-8-19(12-17)25(26,27)28/h4-9,12-13,16,21-22H,10-11,14-15H2,1-3H3,(H,29,31)/t21-,22+/m1/s1. The molecule has 0 aromatic heterocycles. The van der Waals surface area contributed by atoms with Gasteiger partial charge in [0.05, 0.1) is 18.6 Å². The van der Waals surface area contributed by atoms with Gasteiger partial charge in [0.25, 0.3) is 5.91 Å². The molecule has 2 amide bonds. The number of likely N-dealkylation sites (tertiary alicyclic amines) is 1. The summed E-state index contributed by atoms with van der Waals surface area (Å²) in [7, 11) is 1.50. The van der Waals surface area contributed by atoms with E-state index in [4.69, 9.17) is 4.74 Å². The van der Waals surface area contributed by atoms with Crippen LogP contribution in [0.5, 0.6) is 5.75 Å². The minimum atomic E-state index is -4.49. The Labute approximate surface area is 191 Å². The van der Waals surface area contributed by atoms with Crippen LogP contribution in [0.1, 0.15) is 47.7 Å². The van der Waals surface area contributed by atoms with Gasteiger partial charge in [0.2, 0.25) is 5.91 Å². The summed E-state index contributed by atoms with van der Waals surface area (Å²) >= 11 is 0. The predicted octanol–water partition coefficient (Wildman–Crippen LogP) is 4.73. The number of carbonyl (C=O) groups excluding carboxylic acids is 2. The van der Waals surface area contributed by atoms with Crippen LogP contribution in [0.2, 0.25) is 0 Å². The van der Waals surface area contributed by atoms with Crippen molar-refractivity contribution in [3.05, 3.63) is 65.2 Å². The first-order chi connectivity index (χ1) is 15.6. The van der Waals surface area contributed by atoms with Crippen LogP contribution in [-0.4, -0.2) is 43.5 Å². The number of methoxy groups -OCH3 is 1. The first-order valence-electron chi connectivity index (χ1n) is 11.0. The topological polar surface area (TPSA) is 58.6 Å². The zero-order valence-corrected chi connectivity index (χ0v) is 19.0. The van der Waals surface area contributed by atoms with Gasteiger partial charge in [-0.15, -0.1) is 0 Å². The van der Waals surface area contributed by atoms with Gasteiger partial charge in [-0.3, -0.25) is 9.59 Å². The molecule has 0 spiro atoms. The fourth-order valence-corrected chi connectivity index (χ4v) is 4.07. The number of nitrogens with one attached hydrogen (secondary N) is 1. The minimum Gasteiger partial charge on any atom is -0.497 e. The van der Waals surface area contributed by atoms with Crippen LogP contribution < -0.4 is 10.1 Å². The van der Waals surface area contributed by atoms with Crippen LogP contribution in [0.4, 0.5) is 13.2 Å². The molecular formula is C25H29F3N2O3. The Morgan fingerprint density at radius 3 is 2.52 bits per heavy atom. The number of carbonyl (C=O) groups is 2. The molecule has 3 rings (SSSR count). The summed E-state index contributed by atoms with van der Waals surface area (Å²) in [6.07, 6.45) is -3.70. The molecular weight excluding hydrogens is 433 g/mol. The lowest BCUT2D eigenvalue weighted by molar-refractivity contribution is -0.137. The van der Waals surface area contributed by atoms with Crippen molar-refractivity contribution in [1.82, 2.24) is 10.2 Å². The highest BCUT2D eigenvalue weighted by molar-refractivity contribution is 5.95. The average molecular weight is 463 g/mol. The summed E-state index contributed by atoms with van der Waals surface area (Å²) in [6, 6.07) is 11.7. The Bertz CT molecular complexity index is 991. The fourth-order valence-electron chi connectivity index (χ4n) is 4.07. The molecule has 8 heteroatoms. The number of nitrogens with zero attached hydrogens (tertiary/aromatic N) is 1. The number of rotatable bonds is 7. The van der Waals surface area contributed by atoms with Crippen molar-refractivity contribution in [2.45, 2.75) is 32.4 Å². The van der Waals surface area contributed by atoms with E-state index < -0.39 is 23.6 Å². The molecule has 0 aliphatic carbocycles. The predicted molar refractivity (Wildman–Crippen MR) is 119 cm³/mol. The molecule has 1 heterocycles. The lowest BCUT2D eigenvalue weighted by Gasteiger charge is -2.19. The van der Waals surface area contributed by atoms with Crippen molar-refractivity contribution in [1.29, 1.82) is 0 Å². The van der Waals surface area contributed by atoms with Crippen LogP contribution in [0.15, 0.2) is 48.5 Å². The normalized spacial score (nSPS) is 18.5. The van der Waals surface area contributed by atoms with Gasteiger partial charge < -0.3 is 15.0 Å². The largest absolute Gasteiger partial charge is 0.497 e. The third-order valence-corrected chi connectivity index (χ3v) is 5.92. The van der Waals surface area contributed by atoms with Crippen LogP contribution in [0.25, 0.3) is 0 Å². The Kier molecular flexibility index (Phi) is 7.66. The minimum absolute atomic E-state index is 0.129. The summed E-state index contributed by atoms with van der Waals surface area (Å²) in [5.74, 6) is -0.796. The van der Waals surface area contributed by atoms with Crippen LogP contribution in [0.3, 0.4) is 0 Å². The van der Waals surface area contributed by atoms with Crippen molar-refractivity contribution in [2.24, 2.45) is 11.8 Å². The summed E-state index contributed by atoms with van der Waals surface area (Å²) in [5.41, 5.74) is 0.0318. The van der Waals surface area contributed by atoms with E-state index in [0.29, 0.717) is 29.3 Å². The van der Waals surface area contributed by atoms with Crippen molar-refractivity contribution in [3.8, 4) is 5.75 Å². The van der Waals surface area contributed by atoms with E-state index in [1.807, 2.05) is 13.8 Å². The third kappa shape index (κ3) is 6.06. The van der Waals surface area contributed by atoms with E-state index in [1.165, 1.54) is 18.1 Å². The molecule has 33 heavy (non-hydrogen) atoms. The average Bonchev–Trinajstić information content (AvgIpc) is 3.23. The highest BCUT2D eigenvalue weighted by Gasteiger charge is 2.41. The first-order valence-corrected chi connectivity index (χ1v) is 11.0. The van der Waals surface area contributed by atoms with Crippen LogP contribution >= 0.6 is 0 Å². The maximum absolute atomic E-state index is 13.3. The van der Waals surface area contributed by atoms with E-state index in [-0.39, 0.29) is 24.9 Å². The monoisotopic (exact) mass is 462 g/mol. The van der Waals surface area contributed by atoms with Crippen molar-refractivity contribution in [3.63, 3.8) is 0 Å². The smallest absolute Gasteiger partial charge is 0.416 e. The molecule has 0 saturated carbocycles. The van der Waals surface area contributed by atoms with E-state index in [1.54, 1.807) is 30.3 Å². The molecule has 0 unspecified atom stereocenters. The third-order valence-electron chi connectivity index (χ3n) is 5.92. The zero-order valence-electron chi connectivity index (χ0n) is 19.0. The van der Waals surface area contributed by atoms with Gasteiger partial charge in [-0.05, 0) is 42.2 Å². The van der Waals surface area contributed by atoms with E-state index in [2.05, 4.69) is 5.32 Å².